The molecule has 0 rings (SSSR count). The molecule has 14 heavy (non-hydrogen) atoms. The van der Waals surface area contributed by atoms with Crippen LogP contribution in [0.5, 0.6) is 0 Å². The van der Waals surface area contributed by atoms with Crippen LogP contribution in [0.2, 0.25) is 0 Å². The minimum atomic E-state index is 0.777. The second-order valence-electron chi connectivity index (χ2n) is 5.04. The number of rotatable bonds is 8. The van der Waals surface area contributed by atoms with E-state index in [0.717, 1.165) is 30.0 Å². The zero-order valence-electron chi connectivity index (χ0n) is 10.6. The second kappa shape index (κ2) is 7.21. The summed E-state index contributed by atoms with van der Waals surface area (Å²) in [5, 5.41) is 6.67. The molecule has 0 spiro atoms. The summed E-state index contributed by atoms with van der Waals surface area (Å²) in [5.41, 5.74) is 0. The van der Waals surface area contributed by atoms with Gasteiger partial charge < -0.3 is 15.1 Å². The molecule has 0 amide bonds. The van der Waals surface area contributed by atoms with E-state index >= 15 is 0 Å². The SMILES string of the molecule is CCNCCC(CNC)C[N+](C)(C)C. The third kappa shape index (κ3) is 8.48. The number of quaternary nitrogens is 1. The van der Waals surface area contributed by atoms with Gasteiger partial charge in [-0.15, -0.1) is 0 Å². The Hall–Kier alpha value is -0.120. The Kier molecular flexibility index (Phi) is 7.15. The normalized spacial score (nSPS) is 14.4. The minimum Gasteiger partial charge on any atom is -0.331 e. The van der Waals surface area contributed by atoms with Gasteiger partial charge in [0.2, 0.25) is 0 Å². The Morgan fingerprint density at radius 1 is 1.21 bits per heavy atom. The highest BCUT2D eigenvalue weighted by Gasteiger charge is 2.16. The first kappa shape index (κ1) is 13.9. The summed E-state index contributed by atoms with van der Waals surface area (Å²) in [7, 11) is 8.82. The van der Waals surface area contributed by atoms with Gasteiger partial charge in [0.25, 0.3) is 0 Å². The Balaban J connectivity index is 3.77. The standard InChI is InChI=1S/C11H28N3/c1-6-13-8-7-11(9-12-2)10-14(3,4)5/h11-13H,6-10H2,1-5H3/q+1. The molecule has 0 aromatic carbocycles. The maximum Gasteiger partial charge on any atom is 0.0821 e. The van der Waals surface area contributed by atoms with Gasteiger partial charge in [-0.2, -0.15) is 0 Å². The van der Waals surface area contributed by atoms with E-state index in [1.165, 1.54) is 13.0 Å². The first-order valence-electron chi connectivity index (χ1n) is 5.65. The topological polar surface area (TPSA) is 24.1 Å². The first-order chi connectivity index (χ1) is 6.49. The van der Waals surface area contributed by atoms with Gasteiger partial charge >= 0.3 is 0 Å². The monoisotopic (exact) mass is 202 g/mol. The maximum absolute atomic E-state index is 3.39. The largest absolute Gasteiger partial charge is 0.331 e. The molecular formula is C11H28N3+. The molecule has 0 aromatic heterocycles. The van der Waals surface area contributed by atoms with Crippen molar-refractivity contribution in [2.45, 2.75) is 13.3 Å². The predicted molar refractivity (Wildman–Crippen MR) is 63.5 cm³/mol. The van der Waals surface area contributed by atoms with Crippen molar-refractivity contribution >= 4 is 0 Å². The van der Waals surface area contributed by atoms with Crippen LogP contribution in [0.3, 0.4) is 0 Å². The first-order valence-corrected chi connectivity index (χ1v) is 5.65. The van der Waals surface area contributed by atoms with E-state index in [-0.39, 0.29) is 0 Å². The highest BCUT2D eigenvalue weighted by atomic mass is 15.3. The van der Waals surface area contributed by atoms with Gasteiger partial charge in [0.05, 0.1) is 27.7 Å². The quantitative estimate of drug-likeness (QED) is 0.443. The smallest absolute Gasteiger partial charge is 0.0821 e. The van der Waals surface area contributed by atoms with Gasteiger partial charge in [-0.05, 0) is 26.6 Å². The molecule has 0 aliphatic rings. The number of hydrogen-bond donors (Lipinski definition) is 2. The van der Waals surface area contributed by atoms with Gasteiger partial charge in [-0.25, -0.2) is 0 Å². The highest BCUT2D eigenvalue weighted by molar-refractivity contribution is 4.62. The Morgan fingerprint density at radius 2 is 1.86 bits per heavy atom. The molecule has 0 bridgehead atoms. The van der Waals surface area contributed by atoms with Crippen LogP contribution in [0, 0.1) is 5.92 Å². The summed E-state index contributed by atoms with van der Waals surface area (Å²) < 4.78 is 1.05. The van der Waals surface area contributed by atoms with Crippen molar-refractivity contribution in [1.29, 1.82) is 0 Å². The third-order valence-corrected chi connectivity index (χ3v) is 2.28. The molecule has 2 N–H and O–H groups in total. The lowest BCUT2D eigenvalue weighted by atomic mass is 10.0. The lowest BCUT2D eigenvalue weighted by Gasteiger charge is -2.29. The molecule has 0 aliphatic carbocycles. The molecule has 0 fully saturated rings. The summed E-state index contributed by atoms with van der Waals surface area (Å²) >= 11 is 0. The summed E-state index contributed by atoms with van der Waals surface area (Å²) in [6.45, 7) is 6.75. The zero-order chi connectivity index (χ0) is 11.0. The Morgan fingerprint density at radius 3 is 2.29 bits per heavy atom. The van der Waals surface area contributed by atoms with Crippen LogP contribution in [0.4, 0.5) is 0 Å². The second-order valence-corrected chi connectivity index (χ2v) is 5.04. The third-order valence-electron chi connectivity index (χ3n) is 2.28. The summed E-state index contributed by atoms with van der Waals surface area (Å²) in [4.78, 5) is 0. The lowest BCUT2D eigenvalue weighted by molar-refractivity contribution is -0.873. The molecule has 0 radical (unpaired) electrons. The molecule has 0 aromatic rings. The van der Waals surface area contributed by atoms with Crippen molar-refractivity contribution in [3.8, 4) is 0 Å². The van der Waals surface area contributed by atoms with Crippen molar-refractivity contribution in [1.82, 2.24) is 10.6 Å². The van der Waals surface area contributed by atoms with Crippen LogP contribution in [0.25, 0.3) is 0 Å². The molecule has 1 unspecified atom stereocenters. The van der Waals surface area contributed by atoms with Crippen LogP contribution in [-0.4, -0.2) is 58.9 Å². The average molecular weight is 202 g/mol. The van der Waals surface area contributed by atoms with Crippen LogP contribution in [0.1, 0.15) is 13.3 Å². The van der Waals surface area contributed by atoms with Gasteiger partial charge in [-0.3, -0.25) is 0 Å². The fraction of sp³-hybridized carbons (Fsp3) is 1.00. The summed E-state index contributed by atoms with van der Waals surface area (Å²) in [5.74, 6) is 0.777. The molecule has 3 nitrogen and oxygen atoms in total. The zero-order valence-corrected chi connectivity index (χ0v) is 10.6. The number of hydrogen-bond acceptors (Lipinski definition) is 2. The van der Waals surface area contributed by atoms with Crippen molar-refractivity contribution < 1.29 is 4.48 Å². The predicted octanol–water partition coefficient (Wildman–Crippen LogP) is 0.528. The van der Waals surface area contributed by atoms with E-state index in [9.17, 15) is 0 Å². The van der Waals surface area contributed by atoms with Gasteiger partial charge in [0, 0.05) is 12.5 Å². The van der Waals surface area contributed by atoms with E-state index in [4.69, 9.17) is 0 Å². The van der Waals surface area contributed by atoms with Crippen molar-refractivity contribution in [3.63, 3.8) is 0 Å². The van der Waals surface area contributed by atoms with Crippen LogP contribution >= 0.6 is 0 Å². The van der Waals surface area contributed by atoms with Crippen LogP contribution in [-0.2, 0) is 0 Å². The Labute approximate surface area is 89.5 Å². The molecule has 0 saturated heterocycles. The number of nitrogens with one attached hydrogen (secondary N) is 2. The van der Waals surface area contributed by atoms with Crippen LogP contribution < -0.4 is 10.6 Å². The fourth-order valence-corrected chi connectivity index (χ4v) is 1.80. The maximum atomic E-state index is 3.39. The highest BCUT2D eigenvalue weighted by Crippen LogP contribution is 2.06. The molecule has 1 atom stereocenters. The molecule has 0 saturated carbocycles. The molecule has 86 valence electrons. The van der Waals surface area contributed by atoms with Crippen LogP contribution in [0.15, 0.2) is 0 Å². The Bertz CT molecular complexity index is 129. The van der Waals surface area contributed by atoms with E-state index in [0.29, 0.717) is 0 Å². The molecule has 0 heterocycles. The van der Waals surface area contributed by atoms with E-state index in [1.54, 1.807) is 0 Å². The van der Waals surface area contributed by atoms with Crippen molar-refractivity contribution in [2.24, 2.45) is 5.92 Å². The van der Waals surface area contributed by atoms with Gasteiger partial charge in [-0.1, -0.05) is 6.92 Å². The summed E-state index contributed by atoms with van der Waals surface area (Å²) in [6.07, 6.45) is 1.27. The van der Waals surface area contributed by atoms with Crippen molar-refractivity contribution in [3.05, 3.63) is 0 Å². The minimum absolute atomic E-state index is 0.777. The van der Waals surface area contributed by atoms with E-state index in [2.05, 4.69) is 38.7 Å². The van der Waals surface area contributed by atoms with E-state index in [1.807, 2.05) is 7.05 Å². The lowest BCUT2D eigenvalue weighted by Crippen LogP contribution is -2.42. The van der Waals surface area contributed by atoms with Gasteiger partial charge in [0.15, 0.2) is 0 Å². The molecular weight excluding hydrogens is 174 g/mol. The van der Waals surface area contributed by atoms with Crippen molar-refractivity contribution in [2.75, 3.05) is 54.4 Å². The molecule has 3 heteroatoms. The fourth-order valence-electron chi connectivity index (χ4n) is 1.80. The number of nitrogens with zero attached hydrogens (tertiary/aromatic N) is 1. The average Bonchev–Trinajstić information content (AvgIpc) is 2.02. The summed E-state index contributed by atoms with van der Waals surface area (Å²) in [6, 6.07) is 0. The van der Waals surface area contributed by atoms with Gasteiger partial charge in [0.1, 0.15) is 0 Å². The van der Waals surface area contributed by atoms with E-state index < -0.39 is 0 Å². The molecule has 0 aliphatic heterocycles.